The average molecular weight is 330 g/mol. The lowest BCUT2D eigenvalue weighted by atomic mass is 10.0. The highest BCUT2D eigenvalue weighted by Gasteiger charge is 2.17. The van der Waals surface area contributed by atoms with Crippen LogP contribution < -0.4 is 10.6 Å². The van der Waals surface area contributed by atoms with Gasteiger partial charge in [0.1, 0.15) is 0 Å². The van der Waals surface area contributed by atoms with Crippen LogP contribution in [0.5, 0.6) is 0 Å². The molecule has 3 rings (SSSR count). The lowest BCUT2D eigenvalue weighted by Gasteiger charge is -2.27. The second kappa shape index (κ2) is 8.50. The highest BCUT2D eigenvalue weighted by Crippen LogP contribution is 2.19. The van der Waals surface area contributed by atoms with Crippen LogP contribution in [0.1, 0.15) is 37.1 Å². The first-order valence-electron chi connectivity index (χ1n) is 8.91. The Labute approximate surface area is 151 Å². The van der Waals surface area contributed by atoms with E-state index in [4.69, 9.17) is 0 Å². The van der Waals surface area contributed by atoms with Gasteiger partial charge in [-0.2, -0.15) is 0 Å². The van der Waals surface area contributed by atoms with Crippen molar-refractivity contribution in [1.29, 1.82) is 0 Å². The molecule has 2 aromatic rings. The topological polar surface area (TPSA) is 24.1 Å². The van der Waals surface area contributed by atoms with Gasteiger partial charge in [0.15, 0.2) is 0 Å². The Morgan fingerprint density at radius 2 is 1.32 bits per heavy atom. The Morgan fingerprint density at radius 1 is 0.720 bits per heavy atom. The lowest BCUT2D eigenvalue weighted by Crippen LogP contribution is -2.37. The molecule has 0 aromatic heterocycles. The molecule has 2 N–H and O–H groups in total. The lowest BCUT2D eigenvalue weighted by molar-refractivity contribution is 0.510. The van der Waals surface area contributed by atoms with E-state index in [2.05, 4.69) is 116 Å². The number of hydrogen-bond donors (Lipinski definition) is 2. The first kappa shape index (κ1) is 17.2. The zero-order chi connectivity index (χ0) is 17.5. The van der Waals surface area contributed by atoms with E-state index >= 15 is 0 Å². The highest BCUT2D eigenvalue weighted by atomic mass is 15.0. The number of allylic oxidation sites excluding steroid dienone is 4. The summed E-state index contributed by atoms with van der Waals surface area (Å²) in [6.07, 6.45) is 10.6. The van der Waals surface area contributed by atoms with E-state index in [0.717, 1.165) is 0 Å². The fourth-order valence-corrected chi connectivity index (χ4v) is 3.07. The van der Waals surface area contributed by atoms with Crippen LogP contribution in [0.15, 0.2) is 96.7 Å². The maximum absolute atomic E-state index is 3.72. The summed E-state index contributed by atoms with van der Waals surface area (Å²) in [5.74, 6) is 0. The minimum Gasteiger partial charge on any atom is -0.380 e. The smallest absolute Gasteiger partial charge is 0.0663 e. The molecule has 0 saturated heterocycles. The van der Waals surface area contributed by atoms with E-state index < -0.39 is 0 Å². The largest absolute Gasteiger partial charge is 0.380 e. The van der Waals surface area contributed by atoms with Gasteiger partial charge in [-0.3, -0.25) is 5.32 Å². The van der Waals surface area contributed by atoms with Crippen molar-refractivity contribution in [1.82, 2.24) is 10.6 Å². The second-order valence-electron chi connectivity index (χ2n) is 6.45. The van der Waals surface area contributed by atoms with Gasteiger partial charge >= 0.3 is 0 Å². The molecular formula is C23H26N2. The third kappa shape index (κ3) is 4.71. The van der Waals surface area contributed by atoms with Crippen LogP contribution in [0.4, 0.5) is 0 Å². The van der Waals surface area contributed by atoms with Crippen molar-refractivity contribution in [2.24, 2.45) is 0 Å². The SMILES string of the molecule is C[C@H](NC1=CC=CC=CC1N[C@@H](C)c1ccccc1)c1ccccc1. The predicted molar refractivity (Wildman–Crippen MR) is 106 cm³/mol. The summed E-state index contributed by atoms with van der Waals surface area (Å²) in [5.41, 5.74) is 3.77. The van der Waals surface area contributed by atoms with Crippen LogP contribution in [0.3, 0.4) is 0 Å². The van der Waals surface area contributed by atoms with Crippen molar-refractivity contribution < 1.29 is 0 Å². The monoisotopic (exact) mass is 330 g/mol. The molecule has 0 aliphatic heterocycles. The maximum Gasteiger partial charge on any atom is 0.0663 e. The Morgan fingerprint density at radius 3 is 1.96 bits per heavy atom. The Bertz CT molecular complexity index is 744. The van der Waals surface area contributed by atoms with E-state index in [1.165, 1.54) is 16.8 Å². The molecular weight excluding hydrogens is 304 g/mol. The number of hydrogen-bond acceptors (Lipinski definition) is 2. The van der Waals surface area contributed by atoms with E-state index in [1.807, 2.05) is 0 Å². The molecule has 2 aromatic carbocycles. The summed E-state index contributed by atoms with van der Waals surface area (Å²) in [7, 11) is 0. The van der Waals surface area contributed by atoms with E-state index in [9.17, 15) is 0 Å². The minimum absolute atomic E-state index is 0.149. The average Bonchev–Trinajstić information content (AvgIpc) is 2.88. The van der Waals surface area contributed by atoms with Gasteiger partial charge < -0.3 is 5.32 Å². The first-order chi connectivity index (χ1) is 12.2. The van der Waals surface area contributed by atoms with Crippen molar-refractivity contribution in [3.63, 3.8) is 0 Å². The third-order valence-corrected chi connectivity index (χ3v) is 4.55. The maximum atomic E-state index is 3.72. The summed E-state index contributed by atoms with van der Waals surface area (Å²) in [5, 5.41) is 7.40. The first-order valence-corrected chi connectivity index (χ1v) is 8.91. The summed E-state index contributed by atoms with van der Waals surface area (Å²) >= 11 is 0. The van der Waals surface area contributed by atoms with Crippen molar-refractivity contribution in [3.8, 4) is 0 Å². The third-order valence-electron chi connectivity index (χ3n) is 4.55. The fraction of sp³-hybridized carbons (Fsp3) is 0.217. The minimum atomic E-state index is 0.149. The molecule has 128 valence electrons. The van der Waals surface area contributed by atoms with Crippen LogP contribution >= 0.6 is 0 Å². The van der Waals surface area contributed by atoms with Gasteiger partial charge in [0.25, 0.3) is 0 Å². The number of benzene rings is 2. The Hall–Kier alpha value is -2.58. The number of nitrogens with one attached hydrogen (secondary N) is 2. The summed E-state index contributed by atoms with van der Waals surface area (Å²) in [6.45, 7) is 4.41. The van der Waals surface area contributed by atoms with Gasteiger partial charge in [0.05, 0.1) is 6.04 Å². The van der Waals surface area contributed by atoms with Crippen molar-refractivity contribution in [2.45, 2.75) is 32.0 Å². The molecule has 0 heterocycles. The zero-order valence-electron chi connectivity index (χ0n) is 14.9. The fourth-order valence-electron chi connectivity index (χ4n) is 3.07. The standard InChI is InChI=1S/C23H26N2/c1-18(20-12-6-3-7-13-20)24-22-16-10-5-11-17-23(22)25-19(2)21-14-8-4-9-15-21/h3-19,22,24-25H,1-2H3/t18-,19-,22?/m0/s1. The molecule has 0 radical (unpaired) electrons. The molecule has 0 spiro atoms. The molecule has 1 unspecified atom stereocenters. The van der Waals surface area contributed by atoms with Crippen LogP contribution in [0, 0.1) is 0 Å². The molecule has 0 saturated carbocycles. The van der Waals surface area contributed by atoms with Crippen molar-refractivity contribution in [2.75, 3.05) is 0 Å². The van der Waals surface area contributed by atoms with E-state index in [1.54, 1.807) is 0 Å². The molecule has 1 aliphatic carbocycles. The quantitative estimate of drug-likeness (QED) is 0.773. The molecule has 25 heavy (non-hydrogen) atoms. The van der Waals surface area contributed by atoms with Crippen LogP contribution in [0.25, 0.3) is 0 Å². The molecule has 3 atom stereocenters. The predicted octanol–water partition coefficient (Wildman–Crippen LogP) is 5.07. The molecule has 2 heteroatoms. The molecule has 0 fully saturated rings. The zero-order valence-corrected chi connectivity index (χ0v) is 14.9. The van der Waals surface area contributed by atoms with Crippen molar-refractivity contribution >= 4 is 0 Å². The van der Waals surface area contributed by atoms with Crippen LogP contribution in [-0.2, 0) is 0 Å². The molecule has 0 bridgehead atoms. The van der Waals surface area contributed by atoms with Gasteiger partial charge in [-0.25, -0.2) is 0 Å². The summed E-state index contributed by atoms with van der Waals surface area (Å²) in [6, 6.07) is 21.8. The van der Waals surface area contributed by atoms with Crippen LogP contribution in [-0.4, -0.2) is 6.04 Å². The molecule has 0 amide bonds. The van der Waals surface area contributed by atoms with Gasteiger partial charge in [-0.1, -0.05) is 85.0 Å². The van der Waals surface area contributed by atoms with Gasteiger partial charge in [0.2, 0.25) is 0 Å². The van der Waals surface area contributed by atoms with Crippen LogP contribution in [0.2, 0.25) is 0 Å². The normalized spacial score (nSPS) is 19.0. The van der Waals surface area contributed by atoms with Gasteiger partial charge in [-0.05, 0) is 31.1 Å². The summed E-state index contributed by atoms with van der Waals surface area (Å²) in [4.78, 5) is 0. The van der Waals surface area contributed by atoms with Gasteiger partial charge in [-0.15, -0.1) is 0 Å². The number of rotatable bonds is 6. The molecule has 2 nitrogen and oxygen atoms in total. The molecule has 1 aliphatic rings. The second-order valence-corrected chi connectivity index (χ2v) is 6.45. The highest BCUT2D eigenvalue weighted by molar-refractivity contribution is 5.31. The van der Waals surface area contributed by atoms with E-state index in [-0.39, 0.29) is 18.1 Å². The van der Waals surface area contributed by atoms with Crippen molar-refractivity contribution in [3.05, 3.63) is 108 Å². The van der Waals surface area contributed by atoms with E-state index in [0.29, 0.717) is 0 Å². The summed E-state index contributed by atoms with van der Waals surface area (Å²) < 4.78 is 0. The van der Waals surface area contributed by atoms with Gasteiger partial charge in [0, 0.05) is 17.8 Å². The Balaban J connectivity index is 1.73. The Kier molecular flexibility index (Phi) is 5.86.